The number of carbonyl (C=O) groups is 2. The zero-order valence-corrected chi connectivity index (χ0v) is 11.3. The molecule has 0 bridgehead atoms. The number of halogens is 1. The number of benzene rings is 1. The smallest absolute Gasteiger partial charge is 0.340 e. The molecule has 0 aromatic heterocycles. The van der Waals surface area contributed by atoms with Crippen LogP contribution in [0.4, 0.5) is 4.39 Å². The van der Waals surface area contributed by atoms with E-state index in [1.807, 2.05) is 4.90 Å². The van der Waals surface area contributed by atoms with Crippen molar-refractivity contribution in [2.45, 2.75) is 13.0 Å². The number of nitrogens with zero attached hydrogens (tertiary/aromatic N) is 1. The van der Waals surface area contributed by atoms with Gasteiger partial charge in [-0.3, -0.25) is 9.69 Å². The molecule has 2 rings (SSSR count). The first kappa shape index (κ1) is 14.5. The minimum Gasteiger partial charge on any atom is -0.465 e. The largest absolute Gasteiger partial charge is 0.465 e. The van der Waals surface area contributed by atoms with Crippen molar-refractivity contribution in [3.05, 3.63) is 35.1 Å². The second-order valence-corrected chi connectivity index (χ2v) is 4.72. The molecule has 1 heterocycles. The van der Waals surface area contributed by atoms with Gasteiger partial charge in [0, 0.05) is 19.6 Å². The molecule has 1 amide bonds. The molecule has 0 saturated carbocycles. The van der Waals surface area contributed by atoms with E-state index in [9.17, 15) is 14.0 Å². The van der Waals surface area contributed by atoms with Gasteiger partial charge < -0.3 is 10.1 Å². The van der Waals surface area contributed by atoms with Crippen molar-refractivity contribution in [1.29, 1.82) is 0 Å². The summed E-state index contributed by atoms with van der Waals surface area (Å²) < 4.78 is 18.3. The molecule has 1 aromatic rings. The Hall–Kier alpha value is -1.95. The topological polar surface area (TPSA) is 58.6 Å². The van der Waals surface area contributed by atoms with Crippen LogP contribution in [0.25, 0.3) is 0 Å². The fourth-order valence-corrected chi connectivity index (χ4v) is 2.19. The standard InChI is InChI=1S/C14H17FN2O3/c1-20-14(19)11-4-3-10(7-12(11)15)8-17-6-2-5-16-13(18)9-17/h3-4,7H,2,5-6,8-9H2,1H3,(H,16,18). The van der Waals surface area contributed by atoms with Crippen LogP contribution in [0, 0.1) is 5.82 Å². The van der Waals surface area contributed by atoms with Gasteiger partial charge >= 0.3 is 5.97 Å². The Morgan fingerprint density at radius 1 is 1.50 bits per heavy atom. The van der Waals surface area contributed by atoms with Gasteiger partial charge in [0.25, 0.3) is 0 Å². The van der Waals surface area contributed by atoms with Crippen LogP contribution in [-0.4, -0.2) is 43.5 Å². The maximum absolute atomic E-state index is 13.8. The van der Waals surface area contributed by atoms with Gasteiger partial charge in [-0.15, -0.1) is 0 Å². The summed E-state index contributed by atoms with van der Waals surface area (Å²) in [6.45, 7) is 2.23. The maximum atomic E-state index is 13.8. The molecule has 0 aliphatic carbocycles. The van der Waals surface area contributed by atoms with Crippen molar-refractivity contribution >= 4 is 11.9 Å². The van der Waals surface area contributed by atoms with E-state index in [2.05, 4.69) is 10.1 Å². The summed E-state index contributed by atoms with van der Waals surface area (Å²) in [7, 11) is 1.21. The zero-order valence-electron chi connectivity index (χ0n) is 11.3. The van der Waals surface area contributed by atoms with Gasteiger partial charge in [-0.1, -0.05) is 6.07 Å². The SMILES string of the molecule is COC(=O)c1ccc(CN2CCCNC(=O)C2)cc1F. The first-order chi connectivity index (χ1) is 9.60. The van der Waals surface area contributed by atoms with Gasteiger partial charge in [0.15, 0.2) is 0 Å². The van der Waals surface area contributed by atoms with Crippen LogP contribution in [0.1, 0.15) is 22.3 Å². The predicted octanol–water partition coefficient (Wildman–Crippen LogP) is 0.934. The highest BCUT2D eigenvalue weighted by Crippen LogP contribution is 2.14. The Kier molecular flexibility index (Phi) is 4.68. The molecular formula is C14H17FN2O3. The molecule has 5 nitrogen and oxygen atoms in total. The molecular weight excluding hydrogens is 263 g/mol. The van der Waals surface area contributed by atoms with Crippen LogP contribution in [0.15, 0.2) is 18.2 Å². The normalized spacial score (nSPS) is 16.4. The van der Waals surface area contributed by atoms with Gasteiger partial charge in [0.1, 0.15) is 5.82 Å². The Morgan fingerprint density at radius 3 is 3.00 bits per heavy atom. The Morgan fingerprint density at radius 2 is 2.30 bits per heavy atom. The summed E-state index contributed by atoms with van der Waals surface area (Å²) in [5.41, 5.74) is 0.648. The predicted molar refractivity (Wildman–Crippen MR) is 70.6 cm³/mol. The van der Waals surface area contributed by atoms with E-state index in [0.717, 1.165) is 18.5 Å². The van der Waals surface area contributed by atoms with E-state index in [1.54, 1.807) is 6.07 Å². The van der Waals surface area contributed by atoms with Crippen molar-refractivity contribution in [3.8, 4) is 0 Å². The second-order valence-electron chi connectivity index (χ2n) is 4.72. The highest BCUT2D eigenvalue weighted by atomic mass is 19.1. The van der Waals surface area contributed by atoms with E-state index in [0.29, 0.717) is 19.6 Å². The Balaban J connectivity index is 2.08. The number of hydrogen-bond acceptors (Lipinski definition) is 4. The molecule has 6 heteroatoms. The molecule has 108 valence electrons. The minimum atomic E-state index is -0.691. The van der Waals surface area contributed by atoms with Crippen LogP contribution in [0.2, 0.25) is 0 Å². The first-order valence-electron chi connectivity index (χ1n) is 6.46. The zero-order chi connectivity index (χ0) is 14.5. The van der Waals surface area contributed by atoms with Gasteiger partial charge in [0.05, 0.1) is 19.2 Å². The summed E-state index contributed by atoms with van der Waals surface area (Å²) >= 11 is 0. The number of methoxy groups -OCH3 is 1. The maximum Gasteiger partial charge on any atom is 0.340 e. The molecule has 1 N–H and O–H groups in total. The summed E-state index contributed by atoms with van der Waals surface area (Å²) in [5, 5.41) is 2.79. The lowest BCUT2D eigenvalue weighted by molar-refractivity contribution is -0.121. The van der Waals surface area contributed by atoms with Gasteiger partial charge in [-0.2, -0.15) is 0 Å². The monoisotopic (exact) mass is 280 g/mol. The molecule has 1 aliphatic rings. The molecule has 0 atom stereocenters. The highest BCUT2D eigenvalue weighted by molar-refractivity contribution is 5.89. The molecule has 1 fully saturated rings. The number of amides is 1. The lowest BCUT2D eigenvalue weighted by atomic mass is 10.1. The van der Waals surface area contributed by atoms with E-state index in [4.69, 9.17) is 0 Å². The van der Waals surface area contributed by atoms with Crippen LogP contribution in [-0.2, 0) is 16.1 Å². The number of esters is 1. The van der Waals surface area contributed by atoms with Crippen LogP contribution in [0.5, 0.6) is 0 Å². The summed E-state index contributed by atoms with van der Waals surface area (Å²) in [6, 6.07) is 4.40. The van der Waals surface area contributed by atoms with Crippen molar-refractivity contribution in [2.75, 3.05) is 26.7 Å². The number of nitrogens with one attached hydrogen (secondary N) is 1. The first-order valence-corrected chi connectivity index (χ1v) is 6.46. The fraction of sp³-hybridized carbons (Fsp3) is 0.429. The third kappa shape index (κ3) is 3.54. The average Bonchev–Trinajstić information content (AvgIpc) is 2.62. The number of hydrogen-bond donors (Lipinski definition) is 1. The lowest BCUT2D eigenvalue weighted by Gasteiger charge is -2.18. The Bertz CT molecular complexity index is 519. The molecule has 1 saturated heterocycles. The van der Waals surface area contributed by atoms with Crippen molar-refractivity contribution < 1.29 is 18.7 Å². The summed E-state index contributed by atoms with van der Waals surface area (Å²) in [4.78, 5) is 24.7. The van der Waals surface area contributed by atoms with Crippen LogP contribution in [0.3, 0.4) is 0 Å². The molecule has 1 aliphatic heterocycles. The van der Waals surface area contributed by atoms with Crippen LogP contribution >= 0.6 is 0 Å². The Labute approximate surface area is 116 Å². The lowest BCUT2D eigenvalue weighted by Crippen LogP contribution is -2.32. The second kappa shape index (κ2) is 6.47. The number of ether oxygens (including phenoxy) is 1. The van der Waals surface area contributed by atoms with E-state index < -0.39 is 11.8 Å². The third-order valence-electron chi connectivity index (χ3n) is 3.19. The quantitative estimate of drug-likeness (QED) is 0.837. The van der Waals surface area contributed by atoms with Crippen molar-refractivity contribution in [3.63, 3.8) is 0 Å². The molecule has 0 spiro atoms. The number of rotatable bonds is 3. The number of carbonyl (C=O) groups excluding carboxylic acids is 2. The third-order valence-corrected chi connectivity index (χ3v) is 3.19. The minimum absolute atomic E-state index is 0.0193. The summed E-state index contributed by atoms with van der Waals surface area (Å²) in [5.74, 6) is -1.31. The highest BCUT2D eigenvalue weighted by Gasteiger charge is 2.16. The van der Waals surface area contributed by atoms with Gasteiger partial charge in [-0.05, 0) is 24.1 Å². The van der Waals surface area contributed by atoms with Crippen molar-refractivity contribution in [1.82, 2.24) is 10.2 Å². The van der Waals surface area contributed by atoms with Crippen LogP contribution < -0.4 is 5.32 Å². The summed E-state index contributed by atoms with van der Waals surface area (Å²) in [6.07, 6.45) is 0.870. The average molecular weight is 280 g/mol. The van der Waals surface area contributed by atoms with E-state index in [-0.39, 0.29) is 11.5 Å². The van der Waals surface area contributed by atoms with E-state index in [1.165, 1.54) is 19.2 Å². The van der Waals surface area contributed by atoms with Gasteiger partial charge in [-0.25, -0.2) is 9.18 Å². The molecule has 20 heavy (non-hydrogen) atoms. The molecule has 1 aromatic carbocycles. The fourth-order valence-electron chi connectivity index (χ4n) is 2.19. The van der Waals surface area contributed by atoms with Gasteiger partial charge in [0.2, 0.25) is 5.91 Å². The van der Waals surface area contributed by atoms with Crippen molar-refractivity contribution in [2.24, 2.45) is 0 Å². The van der Waals surface area contributed by atoms with E-state index >= 15 is 0 Å². The molecule has 0 radical (unpaired) electrons. The molecule has 0 unspecified atom stereocenters.